The molecule has 1 aliphatic carbocycles. The van der Waals surface area contributed by atoms with Gasteiger partial charge in [-0.2, -0.15) is 0 Å². The van der Waals surface area contributed by atoms with E-state index in [1.165, 1.54) is 6.92 Å². The van der Waals surface area contributed by atoms with Crippen molar-refractivity contribution in [3.8, 4) is 0 Å². The Labute approximate surface area is 94.9 Å². The number of allylic oxidation sites excluding steroid dienone is 1. The Hall–Kier alpha value is -1.36. The van der Waals surface area contributed by atoms with Gasteiger partial charge < -0.3 is 15.7 Å². The molecule has 0 aliphatic heterocycles. The third kappa shape index (κ3) is 4.44. The van der Waals surface area contributed by atoms with Crippen LogP contribution in [-0.2, 0) is 9.59 Å². The predicted octanol–water partition coefficient (Wildman–Crippen LogP) is 0.274. The number of carboxylic acids is 1. The van der Waals surface area contributed by atoms with Gasteiger partial charge in [0.2, 0.25) is 5.91 Å². The summed E-state index contributed by atoms with van der Waals surface area (Å²) in [4.78, 5) is 21.6. The number of carbonyl (C=O) groups is 2. The summed E-state index contributed by atoms with van der Waals surface area (Å²) >= 11 is 0. The highest BCUT2D eigenvalue weighted by atomic mass is 16.4. The molecule has 1 rings (SSSR count). The number of hydrogen-bond acceptors (Lipinski definition) is 3. The molecule has 0 aromatic rings. The van der Waals surface area contributed by atoms with Crippen LogP contribution in [0.3, 0.4) is 0 Å². The lowest BCUT2D eigenvalue weighted by molar-refractivity contribution is -0.141. The van der Waals surface area contributed by atoms with Gasteiger partial charge in [0.1, 0.15) is 6.04 Å². The van der Waals surface area contributed by atoms with E-state index in [9.17, 15) is 9.59 Å². The van der Waals surface area contributed by atoms with Crippen LogP contribution in [-0.4, -0.2) is 35.6 Å². The highest BCUT2D eigenvalue weighted by Crippen LogP contribution is 2.10. The first-order valence-electron chi connectivity index (χ1n) is 5.48. The molecule has 0 spiro atoms. The summed E-state index contributed by atoms with van der Waals surface area (Å²) in [5, 5.41) is 14.4. The lowest BCUT2D eigenvalue weighted by Gasteiger charge is -2.22. The topological polar surface area (TPSA) is 78.4 Å². The summed E-state index contributed by atoms with van der Waals surface area (Å²) in [6.07, 6.45) is 7.18. The molecule has 5 heteroatoms. The van der Waals surface area contributed by atoms with Crippen molar-refractivity contribution in [2.75, 3.05) is 6.54 Å². The zero-order valence-corrected chi connectivity index (χ0v) is 9.40. The summed E-state index contributed by atoms with van der Waals surface area (Å²) in [5.74, 6) is -1.33. The fourth-order valence-electron chi connectivity index (χ4n) is 1.71. The third-order valence-corrected chi connectivity index (χ3v) is 2.56. The maximum Gasteiger partial charge on any atom is 0.327 e. The first kappa shape index (κ1) is 12.7. The van der Waals surface area contributed by atoms with E-state index in [2.05, 4.69) is 22.8 Å². The largest absolute Gasteiger partial charge is 0.480 e. The van der Waals surface area contributed by atoms with Gasteiger partial charge in [-0.15, -0.1) is 0 Å². The van der Waals surface area contributed by atoms with Crippen LogP contribution in [0.25, 0.3) is 0 Å². The Morgan fingerprint density at radius 1 is 1.50 bits per heavy atom. The molecule has 0 bridgehead atoms. The van der Waals surface area contributed by atoms with Crippen molar-refractivity contribution in [1.82, 2.24) is 10.6 Å². The summed E-state index contributed by atoms with van der Waals surface area (Å²) in [6.45, 7) is 1.59. The average molecular weight is 226 g/mol. The lowest BCUT2D eigenvalue weighted by atomic mass is 10.0. The van der Waals surface area contributed by atoms with Crippen LogP contribution in [0.4, 0.5) is 0 Å². The Morgan fingerprint density at radius 2 is 2.25 bits per heavy atom. The van der Waals surface area contributed by atoms with Crippen LogP contribution >= 0.6 is 0 Å². The minimum absolute atomic E-state index is 0.271. The molecule has 0 heterocycles. The first-order chi connectivity index (χ1) is 7.59. The zero-order chi connectivity index (χ0) is 12.0. The number of aliphatic carboxylic acids is 1. The molecule has 0 saturated heterocycles. The predicted molar refractivity (Wildman–Crippen MR) is 60.0 cm³/mol. The van der Waals surface area contributed by atoms with E-state index in [0.717, 1.165) is 19.3 Å². The van der Waals surface area contributed by atoms with E-state index in [0.29, 0.717) is 6.04 Å². The van der Waals surface area contributed by atoms with Crippen LogP contribution < -0.4 is 10.6 Å². The van der Waals surface area contributed by atoms with E-state index in [4.69, 9.17) is 5.11 Å². The second kappa shape index (κ2) is 6.27. The molecule has 0 aromatic carbocycles. The van der Waals surface area contributed by atoms with Gasteiger partial charge in [0.25, 0.3) is 0 Å². The second-order valence-electron chi connectivity index (χ2n) is 3.98. The molecule has 90 valence electrons. The molecule has 3 N–H and O–H groups in total. The Morgan fingerprint density at radius 3 is 2.75 bits per heavy atom. The second-order valence-corrected chi connectivity index (χ2v) is 3.98. The molecule has 1 aliphatic rings. The van der Waals surface area contributed by atoms with Crippen LogP contribution in [0.2, 0.25) is 0 Å². The smallest absolute Gasteiger partial charge is 0.327 e. The van der Waals surface area contributed by atoms with Gasteiger partial charge >= 0.3 is 5.97 Å². The molecule has 0 saturated carbocycles. The van der Waals surface area contributed by atoms with Crippen LogP contribution in [0.1, 0.15) is 26.2 Å². The highest BCUT2D eigenvalue weighted by molar-refractivity contribution is 5.82. The molecule has 5 nitrogen and oxygen atoms in total. The van der Waals surface area contributed by atoms with Crippen molar-refractivity contribution in [3.05, 3.63) is 12.2 Å². The van der Waals surface area contributed by atoms with E-state index in [-0.39, 0.29) is 12.5 Å². The van der Waals surface area contributed by atoms with Gasteiger partial charge in [0, 0.05) is 19.5 Å². The molecule has 16 heavy (non-hydrogen) atoms. The maximum atomic E-state index is 10.8. The van der Waals surface area contributed by atoms with Crippen molar-refractivity contribution >= 4 is 11.9 Å². The van der Waals surface area contributed by atoms with Gasteiger partial charge in [-0.3, -0.25) is 4.79 Å². The van der Waals surface area contributed by atoms with Gasteiger partial charge in [-0.1, -0.05) is 12.2 Å². The van der Waals surface area contributed by atoms with Crippen molar-refractivity contribution in [3.63, 3.8) is 0 Å². The minimum Gasteiger partial charge on any atom is -0.480 e. The Bertz CT molecular complexity index is 289. The maximum absolute atomic E-state index is 10.8. The molecule has 2 atom stereocenters. The number of amides is 1. The summed E-state index contributed by atoms with van der Waals surface area (Å²) in [7, 11) is 0. The summed E-state index contributed by atoms with van der Waals surface area (Å²) in [5.41, 5.74) is 0. The van der Waals surface area contributed by atoms with Gasteiger partial charge in [0.15, 0.2) is 0 Å². The Kier molecular flexibility index (Phi) is 4.98. The molecular formula is C11H18N2O3. The van der Waals surface area contributed by atoms with Crippen LogP contribution in [0, 0.1) is 0 Å². The van der Waals surface area contributed by atoms with E-state index < -0.39 is 12.0 Å². The van der Waals surface area contributed by atoms with E-state index in [1.807, 2.05) is 0 Å². The fraction of sp³-hybridized carbons (Fsp3) is 0.636. The fourth-order valence-corrected chi connectivity index (χ4v) is 1.71. The SMILES string of the molecule is CC(=O)NC(CNC1CC=CCC1)C(=O)O. The van der Waals surface area contributed by atoms with Crippen LogP contribution in [0.15, 0.2) is 12.2 Å². The van der Waals surface area contributed by atoms with Gasteiger partial charge in [-0.25, -0.2) is 4.79 Å². The van der Waals surface area contributed by atoms with Crippen molar-refractivity contribution in [1.29, 1.82) is 0 Å². The quantitative estimate of drug-likeness (QED) is 0.588. The van der Waals surface area contributed by atoms with E-state index in [1.54, 1.807) is 0 Å². The van der Waals surface area contributed by atoms with Crippen LogP contribution in [0.5, 0.6) is 0 Å². The monoisotopic (exact) mass is 226 g/mol. The number of nitrogens with one attached hydrogen (secondary N) is 2. The van der Waals surface area contributed by atoms with Crippen molar-refractivity contribution in [2.24, 2.45) is 0 Å². The lowest BCUT2D eigenvalue weighted by Crippen LogP contribution is -2.48. The molecule has 1 amide bonds. The summed E-state index contributed by atoms with van der Waals surface area (Å²) < 4.78 is 0. The highest BCUT2D eigenvalue weighted by Gasteiger charge is 2.19. The molecule has 0 radical (unpaired) electrons. The zero-order valence-electron chi connectivity index (χ0n) is 9.40. The minimum atomic E-state index is -1.01. The standard InChI is InChI=1S/C11H18N2O3/c1-8(14)13-10(11(15)16)7-12-9-5-3-2-4-6-9/h2-3,9-10,12H,4-7H2,1H3,(H,13,14)(H,15,16). The normalized spacial score (nSPS) is 21.4. The first-order valence-corrected chi connectivity index (χ1v) is 5.48. The van der Waals surface area contributed by atoms with Crippen molar-refractivity contribution in [2.45, 2.75) is 38.3 Å². The van der Waals surface area contributed by atoms with Crippen molar-refractivity contribution < 1.29 is 14.7 Å². The molecular weight excluding hydrogens is 208 g/mol. The van der Waals surface area contributed by atoms with Gasteiger partial charge in [0.05, 0.1) is 0 Å². The number of rotatable bonds is 5. The number of hydrogen-bond donors (Lipinski definition) is 3. The number of carboxylic acid groups (broad SMARTS) is 1. The molecule has 2 unspecified atom stereocenters. The third-order valence-electron chi connectivity index (χ3n) is 2.56. The average Bonchev–Trinajstić information content (AvgIpc) is 2.25. The van der Waals surface area contributed by atoms with Gasteiger partial charge in [-0.05, 0) is 19.3 Å². The molecule has 0 aromatic heterocycles. The van der Waals surface area contributed by atoms with E-state index >= 15 is 0 Å². The summed E-state index contributed by atoms with van der Waals surface area (Å²) in [6, 6.07) is -0.524. The number of carbonyl (C=O) groups excluding carboxylic acids is 1. The Balaban J connectivity index is 2.34. The molecule has 0 fully saturated rings.